The van der Waals surface area contributed by atoms with Gasteiger partial charge in [0.1, 0.15) is 0 Å². The lowest BCUT2D eigenvalue weighted by Gasteiger charge is -1.98. The number of nitrogens with one attached hydrogen (secondary N) is 1. The van der Waals surface area contributed by atoms with Crippen molar-refractivity contribution < 1.29 is 4.79 Å². The summed E-state index contributed by atoms with van der Waals surface area (Å²) in [4.78, 5) is 10.3. The zero-order valence-electron chi connectivity index (χ0n) is 7.53. The van der Waals surface area contributed by atoms with Crippen LogP contribution < -0.4 is 5.73 Å². The van der Waals surface area contributed by atoms with Crippen molar-refractivity contribution in [2.24, 2.45) is 5.73 Å². The molecule has 0 amide bonds. The van der Waals surface area contributed by atoms with E-state index in [0.29, 0.717) is 6.42 Å². The summed E-state index contributed by atoms with van der Waals surface area (Å²) in [7, 11) is 0. The molecule has 2 aromatic rings. The van der Waals surface area contributed by atoms with Crippen molar-refractivity contribution in [1.82, 2.24) is 10.2 Å². The van der Waals surface area contributed by atoms with E-state index in [4.69, 9.17) is 5.73 Å². The van der Waals surface area contributed by atoms with Crippen LogP contribution in [0.25, 0.3) is 10.9 Å². The maximum Gasteiger partial charge on any atom is 0.217 e. The number of hydrogen-bond donors (Lipinski definition) is 2. The number of nitrogens with zero attached hydrogens (tertiary/aromatic N) is 1. The topological polar surface area (TPSA) is 71.8 Å². The molecule has 0 aliphatic heterocycles. The van der Waals surface area contributed by atoms with Gasteiger partial charge in [-0.1, -0.05) is 18.2 Å². The number of para-hydroxylation sites is 1. The van der Waals surface area contributed by atoms with Gasteiger partial charge in [-0.05, 0) is 6.07 Å². The zero-order chi connectivity index (χ0) is 9.97. The van der Waals surface area contributed by atoms with Crippen LogP contribution in [0.5, 0.6) is 0 Å². The standard InChI is InChI=1S/C10H10N3O/c11-7(6-14)5-10-8-3-1-2-4-9(8)12-13-10/h1-4,7H,5,11H2,(H,12,13)/t7-/m1/s1. The van der Waals surface area contributed by atoms with Gasteiger partial charge in [-0.3, -0.25) is 9.89 Å². The summed E-state index contributed by atoms with van der Waals surface area (Å²) in [6.45, 7) is 0. The predicted octanol–water partition coefficient (Wildman–Crippen LogP) is 0.542. The number of hydrogen-bond acceptors (Lipinski definition) is 3. The van der Waals surface area contributed by atoms with Crippen molar-refractivity contribution in [2.45, 2.75) is 12.5 Å². The van der Waals surface area contributed by atoms with E-state index in [-0.39, 0.29) is 0 Å². The lowest BCUT2D eigenvalue weighted by molar-refractivity contribution is 0.540. The largest absolute Gasteiger partial charge is 0.321 e. The third-order valence-corrected chi connectivity index (χ3v) is 2.11. The Kier molecular flexibility index (Phi) is 2.28. The van der Waals surface area contributed by atoms with Crippen LogP contribution in [0.3, 0.4) is 0 Å². The molecule has 0 aliphatic carbocycles. The SMILES string of the molecule is N[C@@H]([C]=O)Cc1n[nH]c2ccccc12. The van der Waals surface area contributed by atoms with Gasteiger partial charge in [0.15, 0.2) is 0 Å². The molecule has 4 heteroatoms. The molecule has 0 saturated heterocycles. The molecular formula is C10H10N3O. The highest BCUT2D eigenvalue weighted by Crippen LogP contribution is 2.15. The van der Waals surface area contributed by atoms with Gasteiger partial charge in [0.2, 0.25) is 6.29 Å². The molecule has 1 heterocycles. The number of rotatable bonds is 3. The van der Waals surface area contributed by atoms with Gasteiger partial charge < -0.3 is 5.73 Å². The van der Waals surface area contributed by atoms with Gasteiger partial charge in [0.25, 0.3) is 0 Å². The Balaban J connectivity index is 2.38. The highest BCUT2D eigenvalue weighted by molar-refractivity contribution is 5.81. The van der Waals surface area contributed by atoms with E-state index in [1.165, 1.54) is 0 Å². The monoisotopic (exact) mass is 188 g/mol. The summed E-state index contributed by atoms with van der Waals surface area (Å²) in [5.41, 5.74) is 7.25. The Morgan fingerprint density at radius 1 is 1.50 bits per heavy atom. The minimum absolute atomic E-state index is 0.424. The molecule has 0 aliphatic rings. The summed E-state index contributed by atoms with van der Waals surface area (Å²) < 4.78 is 0. The molecule has 71 valence electrons. The zero-order valence-corrected chi connectivity index (χ0v) is 7.53. The van der Waals surface area contributed by atoms with Gasteiger partial charge in [-0.2, -0.15) is 5.10 Å². The molecule has 1 aromatic carbocycles. The van der Waals surface area contributed by atoms with Crippen LogP contribution in [-0.4, -0.2) is 22.5 Å². The Bertz CT molecular complexity index is 449. The lowest BCUT2D eigenvalue weighted by Crippen LogP contribution is -2.24. The van der Waals surface area contributed by atoms with Crippen molar-refractivity contribution in [3.8, 4) is 0 Å². The van der Waals surface area contributed by atoms with E-state index in [0.717, 1.165) is 16.6 Å². The molecule has 1 atom stereocenters. The van der Waals surface area contributed by atoms with Crippen LogP contribution >= 0.6 is 0 Å². The van der Waals surface area contributed by atoms with Crippen molar-refractivity contribution in [3.05, 3.63) is 30.0 Å². The molecule has 4 nitrogen and oxygen atoms in total. The fourth-order valence-electron chi connectivity index (χ4n) is 1.43. The molecule has 0 fully saturated rings. The number of aromatic amines is 1. The third-order valence-electron chi connectivity index (χ3n) is 2.11. The van der Waals surface area contributed by atoms with Crippen molar-refractivity contribution in [3.63, 3.8) is 0 Å². The second-order valence-corrected chi connectivity index (χ2v) is 3.14. The molecule has 1 radical (unpaired) electrons. The molecule has 14 heavy (non-hydrogen) atoms. The van der Waals surface area contributed by atoms with Crippen molar-refractivity contribution >= 4 is 17.2 Å². The van der Waals surface area contributed by atoms with Gasteiger partial charge in [-0.25, -0.2) is 0 Å². The summed E-state index contributed by atoms with van der Waals surface area (Å²) in [5.74, 6) is 0. The van der Waals surface area contributed by atoms with E-state index in [2.05, 4.69) is 10.2 Å². The van der Waals surface area contributed by atoms with Gasteiger partial charge in [0.05, 0.1) is 17.3 Å². The average molecular weight is 188 g/mol. The number of nitrogens with two attached hydrogens (primary N) is 1. The molecule has 1 aromatic heterocycles. The predicted molar refractivity (Wildman–Crippen MR) is 53.5 cm³/mol. The maximum atomic E-state index is 10.3. The highest BCUT2D eigenvalue weighted by Gasteiger charge is 2.09. The average Bonchev–Trinajstić information content (AvgIpc) is 2.62. The number of benzene rings is 1. The third kappa shape index (κ3) is 1.52. The fourth-order valence-corrected chi connectivity index (χ4v) is 1.43. The first kappa shape index (κ1) is 8.90. The van der Waals surface area contributed by atoms with Crippen LogP contribution in [0.2, 0.25) is 0 Å². The molecule has 0 bridgehead atoms. The molecule has 0 unspecified atom stereocenters. The minimum Gasteiger partial charge on any atom is -0.321 e. The van der Waals surface area contributed by atoms with Crippen LogP contribution in [0, 0.1) is 0 Å². The van der Waals surface area contributed by atoms with Crippen molar-refractivity contribution in [1.29, 1.82) is 0 Å². The summed E-state index contributed by atoms with van der Waals surface area (Å²) in [6, 6.07) is 7.14. The first-order valence-electron chi connectivity index (χ1n) is 4.36. The second-order valence-electron chi connectivity index (χ2n) is 3.14. The minimum atomic E-state index is -0.596. The summed E-state index contributed by atoms with van der Waals surface area (Å²) in [6.07, 6.45) is 2.17. The Hall–Kier alpha value is -1.68. The Morgan fingerprint density at radius 2 is 2.29 bits per heavy atom. The van der Waals surface area contributed by atoms with Gasteiger partial charge in [-0.15, -0.1) is 0 Å². The fraction of sp³-hybridized carbons (Fsp3) is 0.200. The quantitative estimate of drug-likeness (QED) is 0.738. The molecule has 3 N–H and O–H groups in total. The van der Waals surface area contributed by atoms with Crippen LogP contribution in [-0.2, 0) is 11.2 Å². The van der Waals surface area contributed by atoms with Crippen LogP contribution in [0.1, 0.15) is 5.69 Å². The maximum absolute atomic E-state index is 10.3. The number of H-pyrrole nitrogens is 1. The van der Waals surface area contributed by atoms with E-state index in [1.54, 1.807) is 6.29 Å². The molecule has 2 rings (SSSR count). The first-order valence-corrected chi connectivity index (χ1v) is 4.36. The highest BCUT2D eigenvalue weighted by atomic mass is 16.1. The molecular weight excluding hydrogens is 178 g/mol. The van der Waals surface area contributed by atoms with Gasteiger partial charge in [0, 0.05) is 11.8 Å². The lowest BCUT2D eigenvalue weighted by atomic mass is 10.1. The number of aromatic nitrogens is 2. The van der Waals surface area contributed by atoms with Crippen LogP contribution in [0.15, 0.2) is 24.3 Å². The van der Waals surface area contributed by atoms with Crippen LogP contribution in [0.4, 0.5) is 0 Å². The van der Waals surface area contributed by atoms with E-state index < -0.39 is 6.04 Å². The Labute approximate surface area is 81.1 Å². The number of carbonyl (C=O) groups excluding carboxylic acids is 1. The second kappa shape index (κ2) is 3.59. The van der Waals surface area contributed by atoms with E-state index in [1.807, 2.05) is 24.3 Å². The normalized spacial score (nSPS) is 12.9. The van der Waals surface area contributed by atoms with Gasteiger partial charge >= 0.3 is 0 Å². The van der Waals surface area contributed by atoms with E-state index in [9.17, 15) is 4.79 Å². The van der Waals surface area contributed by atoms with Crippen molar-refractivity contribution in [2.75, 3.05) is 0 Å². The summed E-state index contributed by atoms with van der Waals surface area (Å²) in [5, 5.41) is 7.99. The smallest absolute Gasteiger partial charge is 0.217 e. The molecule has 0 saturated carbocycles. The van der Waals surface area contributed by atoms with E-state index >= 15 is 0 Å². The first-order chi connectivity index (χ1) is 6.81. The number of fused-ring (bicyclic) bond motifs is 1. The summed E-state index contributed by atoms with van der Waals surface area (Å²) >= 11 is 0. The molecule has 0 spiro atoms. The Morgan fingerprint density at radius 3 is 3.07 bits per heavy atom.